The summed E-state index contributed by atoms with van der Waals surface area (Å²) in [5, 5.41) is 0.896. The molecule has 0 aromatic heterocycles. The average molecular weight is 262 g/mol. The average Bonchev–Trinajstić information content (AvgIpc) is 1.98. The minimum atomic E-state index is 0.337. The van der Waals surface area contributed by atoms with Crippen molar-refractivity contribution in [2.24, 2.45) is 5.92 Å². The Morgan fingerprint density at radius 1 is 1.50 bits per heavy atom. The first kappa shape index (κ1) is 12.0. The van der Waals surface area contributed by atoms with Crippen molar-refractivity contribution >= 4 is 21.8 Å². The van der Waals surface area contributed by atoms with Crippen LogP contribution in [0.5, 0.6) is 0 Å². The van der Waals surface area contributed by atoms with E-state index in [4.69, 9.17) is 0 Å². The molecule has 0 bridgehead atoms. The second-order valence-electron chi connectivity index (χ2n) is 4.46. The van der Waals surface area contributed by atoms with Crippen LogP contribution in [0.25, 0.3) is 0 Å². The number of carbonyl (C=O) groups is 1. The van der Waals surface area contributed by atoms with Gasteiger partial charge in [-0.2, -0.15) is 0 Å². The molecule has 1 aliphatic rings. The first-order valence-corrected chi connectivity index (χ1v) is 6.62. The van der Waals surface area contributed by atoms with E-state index in [1.165, 1.54) is 19.3 Å². The molecule has 0 aromatic carbocycles. The van der Waals surface area contributed by atoms with Gasteiger partial charge in [-0.05, 0) is 25.2 Å². The van der Waals surface area contributed by atoms with Crippen molar-refractivity contribution in [2.45, 2.75) is 45.6 Å². The van der Waals surface area contributed by atoms with Crippen LogP contribution in [0.15, 0.2) is 0 Å². The molecule has 1 saturated carbocycles. The Hall–Kier alpha value is -0.0500. The number of hydrogen-bond donors (Lipinski definition) is 0. The number of nitrogens with zero attached hydrogens (tertiary/aromatic N) is 1. The summed E-state index contributed by atoms with van der Waals surface area (Å²) in [4.78, 5) is 14.0. The molecule has 3 heteroatoms. The minimum Gasteiger partial charge on any atom is -0.339 e. The van der Waals surface area contributed by atoms with Crippen LogP contribution < -0.4 is 0 Å². The van der Waals surface area contributed by atoms with Crippen molar-refractivity contribution in [1.29, 1.82) is 0 Å². The molecule has 0 N–H and O–H groups in total. The summed E-state index contributed by atoms with van der Waals surface area (Å²) in [6, 6.07) is 0.541. The lowest BCUT2D eigenvalue weighted by atomic mass is 9.91. The first-order chi connectivity index (χ1) is 6.65. The van der Waals surface area contributed by atoms with Gasteiger partial charge in [-0.1, -0.05) is 29.8 Å². The van der Waals surface area contributed by atoms with Gasteiger partial charge in [-0.25, -0.2) is 0 Å². The quantitative estimate of drug-likeness (QED) is 0.698. The van der Waals surface area contributed by atoms with E-state index >= 15 is 0 Å². The summed E-state index contributed by atoms with van der Waals surface area (Å²) < 4.78 is 0. The van der Waals surface area contributed by atoms with Gasteiger partial charge in [0, 0.05) is 24.3 Å². The number of carbonyl (C=O) groups excluding carboxylic acids is 1. The predicted molar refractivity (Wildman–Crippen MR) is 62.6 cm³/mol. The fourth-order valence-corrected chi connectivity index (χ4v) is 2.15. The minimum absolute atomic E-state index is 0.337. The molecule has 0 aliphatic heterocycles. The molecule has 1 aliphatic carbocycles. The zero-order valence-electron chi connectivity index (χ0n) is 9.13. The number of hydrogen-bond acceptors (Lipinski definition) is 1. The normalized spacial score (nSPS) is 16.9. The monoisotopic (exact) mass is 261 g/mol. The lowest BCUT2D eigenvalue weighted by Crippen LogP contribution is -2.45. The lowest BCUT2D eigenvalue weighted by molar-refractivity contribution is -0.135. The highest BCUT2D eigenvalue weighted by Crippen LogP contribution is 2.25. The van der Waals surface area contributed by atoms with Crippen LogP contribution in [-0.4, -0.2) is 28.7 Å². The topological polar surface area (TPSA) is 20.3 Å². The molecule has 0 spiro atoms. The Kier molecular flexibility index (Phi) is 4.93. The first-order valence-electron chi connectivity index (χ1n) is 5.50. The molecule has 0 saturated heterocycles. The predicted octanol–water partition coefficient (Wildman–Crippen LogP) is 2.81. The van der Waals surface area contributed by atoms with Gasteiger partial charge in [0.15, 0.2) is 0 Å². The van der Waals surface area contributed by atoms with Crippen LogP contribution in [0, 0.1) is 5.92 Å². The van der Waals surface area contributed by atoms with Crippen LogP contribution in [-0.2, 0) is 4.79 Å². The van der Waals surface area contributed by atoms with Gasteiger partial charge < -0.3 is 4.90 Å². The lowest BCUT2D eigenvalue weighted by Gasteiger charge is -2.37. The van der Waals surface area contributed by atoms with E-state index in [0.29, 0.717) is 24.3 Å². The van der Waals surface area contributed by atoms with E-state index < -0.39 is 0 Å². The molecule has 82 valence electrons. The van der Waals surface area contributed by atoms with Gasteiger partial charge in [0.1, 0.15) is 0 Å². The summed E-state index contributed by atoms with van der Waals surface area (Å²) in [5.41, 5.74) is 0. The number of halogens is 1. The molecular weight excluding hydrogens is 242 g/mol. The maximum atomic E-state index is 11.9. The largest absolute Gasteiger partial charge is 0.339 e. The summed E-state index contributed by atoms with van der Waals surface area (Å²) in [7, 11) is 0. The Bertz CT molecular complexity index is 190. The molecule has 0 unspecified atom stereocenters. The summed E-state index contributed by atoms with van der Waals surface area (Å²) in [6.07, 6.45) is 4.40. The van der Waals surface area contributed by atoms with Crippen LogP contribution in [0.1, 0.15) is 39.5 Å². The smallest absolute Gasteiger partial charge is 0.223 e. The van der Waals surface area contributed by atoms with Crippen molar-refractivity contribution in [3.8, 4) is 0 Å². The van der Waals surface area contributed by atoms with E-state index in [2.05, 4.69) is 34.7 Å². The highest BCUT2D eigenvalue weighted by Gasteiger charge is 2.28. The second-order valence-corrected chi connectivity index (χ2v) is 5.25. The van der Waals surface area contributed by atoms with Gasteiger partial charge in [0.25, 0.3) is 0 Å². The molecule has 14 heavy (non-hydrogen) atoms. The van der Waals surface area contributed by atoms with Gasteiger partial charge in [0.2, 0.25) is 5.91 Å². The Balaban J connectivity index is 2.43. The van der Waals surface area contributed by atoms with Crippen LogP contribution in [0.4, 0.5) is 0 Å². The second kappa shape index (κ2) is 5.74. The van der Waals surface area contributed by atoms with Crippen molar-refractivity contribution in [3.05, 3.63) is 0 Å². The van der Waals surface area contributed by atoms with E-state index in [1.807, 2.05) is 0 Å². The molecule has 0 atom stereocenters. The van der Waals surface area contributed by atoms with Crippen LogP contribution in [0.3, 0.4) is 0 Å². The van der Waals surface area contributed by atoms with Crippen LogP contribution >= 0.6 is 15.9 Å². The third kappa shape index (κ3) is 3.26. The zero-order valence-corrected chi connectivity index (χ0v) is 10.7. The maximum Gasteiger partial charge on any atom is 0.223 e. The fraction of sp³-hybridized carbons (Fsp3) is 0.909. The van der Waals surface area contributed by atoms with Crippen molar-refractivity contribution < 1.29 is 4.79 Å². The highest BCUT2D eigenvalue weighted by atomic mass is 79.9. The van der Waals surface area contributed by atoms with Gasteiger partial charge in [0.05, 0.1) is 0 Å². The van der Waals surface area contributed by atoms with E-state index in [9.17, 15) is 4.79 Å². The molecular formula is C11H20BrNO. The van der Waals surface area contributed by atoms with E-state index in [-0.39, 0.29) is 0 Å². The zero-order chi connectivity index (χ0) is 10.6. The van der Waals surface area contributed by atoms with Crippen molar-refractivity contribution in [3.63, 3.8) is 0 Å². The van der Waals surface area contributed by atoms with Crippen molar-refractivity contribution in [1.82, 2.24) is 4.90 Å². The number of amides is 1. The molecule has 0 aromatic rings. The standard InChI is InChI=1S/C11H20BrNO/c1-9(2)8-11(14)13(7-6-12)10-4-3-5-10/h9-10H,3-8H2,1-2H3. The maximum absolute atomic E-state index is 11.9. The summed E-state index contributed by atoms with van der Waals surface area (Å²) in [5.74, 6) is 0.810. The van der Waals surface area contributed by atoms with Crippen molar-refractivity contribution in [2.75, 3.05) is 11.9 Å². The SMILES string of the molecule is CC(C)CC(=O)N(CCBr)C1CCC1. The summed E-state index contributed by atoms with van der Waals surface area (Å²) in [6.45, 7) is 5.08. The van der Waals surface area contributed by atoms with Gasteiger partial charge in [-0.15, -0.1) is 0 Å². The van der Waals surface area contributed by atoms with Crippen LogP contribution in [0.2, 0.25) is 0 Å². The van der Waals surface area contributed by atoms with Gasteiger partial charge >= 0.3 is 0 Å². The molecule has 1 fully saturated rings. The third-order valence-corrected chi connectivity index (χ3v) is 3.10. The Labute approximate surface area is 95.2 Å². The molecule has 1 amide bonds. The fourth-order valence-electron chi connectivity index (χ4n) is 1.77. The van der Waals surface area contributed by atoms with E-state index in [0.717, 1.165) is 11.9 Å². The molecule has 2 nitrogen and oxygen atoms in total. The molecule has 1 rings (SSSR count). The summed E-state index contributed by atoms with van der Waals surface area (Å²) >= 11 is 3.41. The highest BCUT2D eigenvalue weighted by molar-refractivity contribution is 9.09. The molecule has 0 radical (unpaired) electrons. The van der Waals surface area contributed by atoms with Gasteiger partial charge in [-0.3, -0.25) is 4.79 Å². The van der Waals surface area contributed by atoms with E-state index in [1.54, 1.807) is 0 Å². The number of rotatable bonds is 5. The molecule has 0 heterocycles. The Morgan fingerprint density at radius 3 is 2.50 bits per heavy atom. The third-order valence-electron chi connectivity index (χ3n) is 2.74. The number of alkyl halides is 1. The Morgan fingerprint density at radius 2 is 2.14 bits per heavy atom.